The summed E-state index contributed by atoms with van der Waals surface area (Å²) in [4.78, 5) is 2.41. The van der Waals surface area contributed by atoms with E-state index in [0.717, 1.165) is 5.92 Å². The van der Waals surface area contributed by atoms with Crippen LogP contribution in [0.4, 0.5) is 0 Å². The van der Waals surface area contributed by atoms with E-state index in [1.165, 1.54) is 18.7 Å². The first kappa shape index (κ1) is 10.2. The molecule has 2 fully saturated rings. The standard InChI is InChI=1S/C14H19NO/c1-13-9-15(3)8-12(13)14(13,2)10-5-4-6-11(16)7-10/h4-7,12,16H,8-9H2,1-3H3/t12-,13+,14+/m0/s1. The first-order chi connectivity index (χ1) is 7.48. The fourth-order valence-corrected chi connectivity index (χ4v) is 3.94. The van der Waals surface area contributed by atoms with E-state index in [1.54, 1.807) is 6.07 Å². The Kier molecular flexibility index (Phi) is 1.78. The quantitative estimate of drug-likeness (QED) is 0.779. The maximum atomic E-state index is 9.59. The first-order valence-electron chi connectivity index (χ1n) is 5.96. The molecule has 3 rings (SSSR count). The molecule has 0 spiro atoms. The van der Waals surface area contributed by atoms with Crippen LogP contribution in [0.3, 0.4) is 0 Å². The van der Waals surface area contributed by atoms with Crippen molar-refractivity contribution in [1.82, 2.24) is 4.90 Å². The monoisotopic (exact) mass is 217 g/mol. The lowest BCUT2D eigenvalue weighted by atomic mass is 9.87. The highest BCUT2D eigenvalue weighted by Crippen LogP contribution is 2.72. The van der Waals surface area contributed by atoms with Crippen LogP contribution in [-0.2, 0) is 5.41 Å². The minimum atomic E-state index is 0.262. The van der Waals surface area contributed by atoms with Gasteiger partial charge in [-0.2, -0.15) is 0 Å². The number of hydrogen-bond acceptors (Lipinski definition) is 2. The van der Waals surface area contributed by atoms with Crippen molar-refractivity contribution in [2.24, 2.45) is 11.3 Å². The third-order valence-electron chi connectivity index (χ3n) is 5.11. The molecule has 1 N–H and O–H groups in total. The number of benzene rings is 1. The Balaban J connectivity index is 1.99. The lowest BCUT2D eigenvalue weighted by Gasteiger charge is -2.25. The van der Waals surface area contributed by atoms with E-state index in [0.29, 0.717) is 11.2 Å². The van der Waals surface area contributed by atoms with Gasteiger partial charge in [-0.05, 0) is 36.1 Å². The van der Waals surface area contributed by atoms with Crippen LogP contribution in [0, 0.1) is 11.3 Å². The van der Waals surface area contributed by atoms with Crippen LogP contribution in [-0.4, -0.2) is 30.1 Å². The highest BCUT2D eigenvalue weighted by Gasteiger charge is 2.74. The van der Waals surface area contributed by atoms with E-state index in [1.807, 2.05) is 12.1 Å². The molecule has 2 nitrogen and oxygen atoms in total. The molecule has 2 aliphatic rings. The molecule has 1 aliphatic heterocycles. The number of aromatic hydroxyl groups is 1. The number of piperidine rings is 1. The number of hydrogen-bond donors (Lipinski definition) is 1. The molecule has 3 atom stereocenters. The smallest absolute Gasteiger partial charge is 0.115 e. The Morgan fingerprint density at radius 1 is 1.38 bits per heavy atom. The predicted octanol–water partition coefficient (Wildman–Crippen LogP) is 2.23. The van der Waals surface area contributed by atoms with Gasteiger partial charge in [0.25, 0.3) is 0 Å². The highest BCUT2D eigenvalue weighted by molar-refractivity contribution is 5.44. The summed E-state index contributed by atoms with van der Waals surface area (Å²) >= 11 is 0. The summed E-state index contributed by atoms with van der Waals surface area (Å²) in [6.45, 7) is 7.08. The number of rotatable bonds is 1. The summed E-state index contributed by atoms with van der Waals surface area (Å²) in [5.41, 5.74) is 1.96. The van der Waals surface area contributed by atoms with E-state index >= 15 is 0 Å². The molecule has 16 heavy (non-hydrogen) atoms. The molecule has 1 saturated carbocycles. The van der Waals surface area contributed by atoms with Crippen molar-refractivity contribution in [3.8, 4) is 5.75 Å². The fraction of sp³-hybridized carbons (Fsp3) is 0.571. The van der Waals surface area contributed by atoms with Gasteiger partial charge in [0.2, 0.25) is 0 Å². The Morgan fingerprint density at radius 2 is 2.12 bits per heavy atom. The number of phenolic OH excluding ortho intramolecular Hbond substituents is 1. The van der Waals surface area contributed by atoms with Crippen LogP contribution in [0.2, 0.25) is 0 Å². The molecule has 1 aromatic carbocycles. The second-order valence-electron chi connectivity index (χ2n) is 5.92. The number of nitrogens with zero attached hydrogens (tertiary/aromatic N) is 1. The summed E-state index contributed by atoms with van der Waals surface area (Å²) in [5, 5.41) is 9.59. The third-order valence-corrected chi connectivity index (χ3v) is 5.11. The SMILES string of the molecule is CN1C[C@H]2[C@@](C)(C1)[C@]2(C)c1cccc(O)c1. The van der Waals surface area contributed by atoms with Crippen LogP contribution in [0.1, 0.15) is 19.4 Å². The van der Waals surface area contributed by atoms with Crippen LogP contribution < -0.4 is 0 Å². The van der Waals surface area contributed by atoms with Gasteiger partial charge >= 0.3 is 0 Å². The molecule has 1 saturated heterocycles. The van der Waals surface area contributed by atoms with Gasteiger partial charge in [0.1, 0.15) is 5.75 Å². The zero-order chi connectivity index (χ0) is 11.6. The zero-order valence-electron chi connectivity index (χ0n) is 10.2. The van der Waals surface area contributed by atoms with Crippen molar-refractivity contribution in [2.45, 2.75) is 19.3 Å². The van der Waals surface area contributed by atoms with Crippen LogP contribution in [0.25, 0.3) is 0 Å². The molecule has 2 heteroatoms. The lowest BCUT2D eigenvalue weighted by Crippen LogP contribution is -2.28. The average Bonchev–Trinajstić information content (AvgIpc) is 2.54. The molecule has 0 unspecified atom stereocenters. The topological polar surface area (TPSA) is 23.5 Å². The largest absolute Gasteiger partial charge is 0.508 e. The first-order valence-corrected chi connectivity index (χ1v) is 5.96. The lowest BCUT2D eigenvalue weighted by molar-refractivity contribution is 0.297. The van der Waals surface area contributed by atoms with E-state index in [-0.39, 0.29) is 5.41 Å². The van der Waals surface area contributed by atoms with Crippen LogP contribution in [0.5, 0.6) is 5.75 Å². The Labute approximate surface area is 96.9 Å². The van der Waals surface area contributed by atoms with Gasteiger partial charge in [0.05, 0.1) is 0 Å². The second-order valence-corrected chi connectivity index (χ2v) is 5.92. The van der Waals surface area contributed by atoms with Gasteiger partial charge in [-0.15, -0.1) is 0 Å². The van der Waals surface area contributed by atoms with Crippen molar-refractivity contribution in [3.05, 3.63) is 29.8 Å². The van der Waals surface area contributed by atoms with Crippen molar-refractivity contribution >= 4 is 0 Å². The molecular formula is C14H19NO. The molecule has 1 aromatic rings. The fourth-order valence-electron chi connectivity index (χ4n) is 3.94. The summed E-state index contributed by atoms with van der Waals surface area (Å²) in [6.07, 6.45) is 0. The molecule has 0 amide bonds. The van der Waals surface area contributed by atoms with E-state index < -0.39 is 0 Å². The molecular weight excluding hydrogens is 198 g/mol. The van der Waals surface area contributed by atoms with Gasteiger partial charge in [0.15, 0.2) is 0 Å². The number of phenols is 1. The van der Waals surface area contributed by atoms with Gasteiger partial charge in [-0.25, -0.2) is 0 Å². The summed E-state index contributed by atoms with van der Waals surface area (Å²) < 4.78 is 0. The van der Waals surface area contributed by atoms with Gasteiger partial charge in [-0.3, -0.25) is 0 Å². The Hall–Kier alpha value is -1.02. The van der Waals surface area contributed by atoms with E-state index in [4.69, 9.17) is 0 Å². The number of likely N-dealkylation sites (tertiary alicyclic amines) is 1. The van der Waals surface area contributed by atoms with Crippen molar-refractivity contribution in [1.29, 1.82) is 0 Å². The number of fused-ring (bicyclic) bond motifs is 1. The molecule has 0 radical (unpaired) electrons. The maximum absolute atomic E-state index is 9.59. The second kappa shape index (κ2) is 2.80. The normalized spacial score (nSPS) is 42.1. The van der Waals surface area contributed by atoms with Crippen molar-refractivity contribution in [2.75, 3.05) is 20.1 Å². The summed E-state index contributed by atoms with van der Waals surface area (Å²) in [5.74, 6) is 1.13. The average molecular weight is 217 g/mol. The van der Waals surface area contributed by atoms with Crippen molar-refractivity contribution in [3.63, 3.8) is 0 Å². The molecule has 1 aliphatic carbocycles. The predicted molar refractivity (Wildman–Crippen MR) is 64.6 cm³/mol. The zero-order valence-corrected chi connectivity index (χ0v) is 10.2. The van der Waals surface area contributed by atoms with Crippen LogP contribution >= 0.6 is 0 Å². The summed E-state index contributed by atoms with van der Waals surface area (Å²) in [7, 11) is 2.19. The molecule has 86 valence electrons. The van der Waals surface area contributed by atoms with E-state index in [9.17, 15) is 5.11 Å². The van der Waals surface area contributed by atoms with Gasteiger partial charge in [0, 0.05) is 18.5 Å². The van der Waals surface area contributed by atoms with Crippen LogP contribution in [0.15, 0.2) is 24.3 Å². The molecule has 0 bridgehead atoms. The minimum absolute atomic E-state index is 0.262. The Bertz CT molecular complexity index is 444. The minimum Gasteiger partial charge on any atom is -0.508 e. The maximum Gasteiger partial charge on any atom is 0.115 e. The molecule has 1 heterocycles. The van der Waals surface area contributed by atoms with Gasteiger partial charge < -0.3 is 10.0 Å². The summed E-state index contributed by atoms with van der Waals surface area (Å²) in [6, 6.07) is 7.80. The third kappa shape index (κ3) is 1.01. The Morgan fingerprint density at radius 3 is 2.69 bits per heavy atom. The van der Waals surface area contributed by atoms with Crippen molar-refractivity contribution < 1.29 is 5.11 Å². The van der Waals surface area contributed by atoms with Gasteiger partial charge in [-0.1, -0.05) is 26.0 Å². The molecule has 0 aromatic heterocycles. The highest BCUT2D eigenvalue weighted by atomic mass is 16.3. The van der Waals surface area contributed by atoms with E-state index in [2.05, 4.69) is 31.9 Å².